The molecule has 0 bridgehead atoms. The van der Waals surface area contributed by atoms with Crippen LogP contribution in [0.2, 0.25) is 0 Å². The molecular weight excluding hydrogens is 322 g/mol. The number of benzene rings is 2. The summed E-state index contributed by atoms with van der Waals surface area (Å²) in [4.78, 5) is 4.58. The van der Waals surface area contributed by atoms with Crippen molar-refractivity contribution in [3.63, 3.8) is 0 Å². The van der Waals surface area contributed by atoms with Crippen LogP contribution in [0.5, 0.6) is 5.88 Å². The zero-order valence-corrected chi connectivity index (χ0v) is 15.2. The van der Waals surface area contributed by atoms with Gasteiger partial charge < -0.3 is 10.1 Å². The highest BCUT2D eigenvalue weighted by Gasteiger charge is 2.09. The molecule has 26 heavy (non-hydrogen) atoms. The van der Waals surface area contributed by atoms with Gasteiger partial charge in [-0.05, 0) is 49.2 Å². The number of nitriles is 1. The average Bonchev–Trinajstić information content (AvgIpc) is 2.67. The van der Waals surface area contributed by atoms with Gasteiger partial charge >= 0.3 is 0 Å². The fourth-order valence-corrected chi connectivity index (χ4v) is 2.95. The molecule has 0 aliphatic carbocycles. The lowest BCUT2D eigenvalue weighted by molar-refractivity contribution is 0.293. The van der Waals surface area contributed by atoms with E-state index in [1.54, 1.807) is 6.07 Å². The number of aromatic nitrogens is 1. The van der Waals surface area contributed by atoms with Crippen molar-refractivity contribution in [2.45, 2.75) is 20.5 Å². The van der Waals surface area contributed by atoms with Crippen LogP contribution in [0.4, 0.5) is 5.69 Å². The lowest BCUT2D eigenvalue weighted by atomic mass is 10.0. The molecule has 0 saturated carbocycles. The molecule has 0 atom stereocenters. The van der Waals surface area contributed by atoms with Gasteiger partial charge in [0.2, 0.25) is 5.88 Å². The van der Waals surface area contributed by atoms with Gasteiger partial charge in [0, 0.05) is 35.6 Å². The number of rotatable bonds is 5. The average molecular weight is 343 g/mol. The van der Waals surface area contributed by atoms with Crippen LogP contribution in [-0.4, -0.2) is 12.0 Å². The number of nitrogens with zero attached hydrogens (tertiary/aromatic N) is 2. The maximum absolute atomic E-state index is 9.07. The molecule has 0 saturated heterocycles. The van der Waals surface area contributed by atoms with Gasteiger partial charge in [-0.2, -0.15) is 5.26 Å². The maximum Gasteiger partial charge on any atom is 0.213 e. The predicted octanol–water partition coefficient (Wildman–Crippen LogP) is 4.86. The molecule has 2 aromatic carbocycles. The van der Waals surface area contributed by atoms with Gasteiger partial charge in [-0.1, -0.05) is 24.3 Å². The highest BCUT2D eigenvalue weighted by molar-refractivity contribution is 5.67. The molecule has 4 heteroatoms. The monoisotopic (exact) mass is 343 g/mol. The lowest BCUT2D eigenvalue weighted by Gasteiger charge is -2.14. The van der Waals surface area contributed by atoms with Crippen molar-refractivity contribution in [2.75, 3.05) is 12.4 Å². The number of nitrogens with one attached hydrogen (secondary N) is 1. The lowest BCUT2D eigenvalue weighted by Crippen LogP contribution is -2.04. The Kier molecular flexibility index (Phi) is 5.19. The van der Waals surface area contributed by atoms with E-state index >= 15 is 0 Å². The molecule has 0 aliphatic heterocycles. The Morgan fingerprint density at radius 3 is 2.62 bits per heavy atom. The summed E-state index contributed by atoms with van der Waals surface area (Å²) >= 11 is 0. The zero-order chi connectivity index (χ0) is 18.5. The summed E-state index contributed by atoms with van der Waals surface area (Å²) in [7, 11) is 1.91. The predicted molar refractivity (Wildman–Crippen MR) is 104 cm³/mol. The van der Waals surface area contributed by atoms with E-state index in [0.717, 1.165) is 28.1 Å². The Hall–Kier alpha value is -3.32. The number of hydrogen-bond acceptors (Lipinski definition) is 4. The minimum atomic E-state index is 0.457. The molecule has 130 valence electrons. The van der Waals surface area contributed by atoms with Crippen LogP contribution in [-0.2, 0) is 6.61 Å². The first-order valence-electron chi connectivity index (χ1n) is 8.49. The summed E-state index contributed by atoms with van der Waals surface area (Å²) in [6.07, 6.45) is 0. The van der Waals surface area contributed by atoms with E-state index in [1.807, 2.05) is 56.4 Å². The molecule has 3 rings (SSSR count). The minimum Gasteiger partial charge on any atom is -0.473 e. The maximum atomic E-state index is 9.07. The molecular formula is C22H21N3O. The van der Waals surface area contributed by atoms with E-state index in [0.29, 0.717) is 18.1 Å². The number of aryl methyl sites for hydroxylation is 2. The van der Waals surface area contributed by atoms with Crippen LogP contribution in [0.15, 0.2) is 54.6 Å². The summed E-state index contributed by atoms with van der Waals surface area (Å²) in [5, 5.41) is 12.3. The van der Waals surface area contributed by atoms with E-state index < -0.39 is 0 Å². The van der Waals surface area contributed by atoms with Gasteiger partial charge in [0.1, 0.15) is 6.61 Å². The second-order valence-corrected chi connectivity index (χ2v) is 6.11. The second kappa shape index (κ2) is 7.71. The van der Waals surface area contributed by atoms with Crippen LogP contribution in [0.3, 0.4) is 0 Å². The molecule has 1 heterocycles. The van der Waals surface area contributed by atoms with Crippen molar-refractivity contribution in [3.8, 4) is 23.1 Å². The van der Waals surface area contributed by atoms with Crippen molar-refractivity contribution >= 4 is 5.69 Å². The molecule has 0 amide bonds. The van der Waals surface area contributed by atoms with Gasteiger partial charge in [-0.25, -0.2) is 4.98 Å². The zero-order valence-electron chi connectivity index (χ0n) is 15.2. The SMILES string of the molecule is CNc1cccc(C)c1COc1ccc(-c2cccc(C#N)c2)c(C)n1. The number of anilines is 1. The highest BCUT2D eigenvalue weighted by atomic mass is 16.5. The van der Waals surface area contributed by atoms with Crippen molar-refractivity contribution in [1.29, 1.82) is 5.26 Å². The van der Waals surface area contributed by atoms with Crippen LogP contribution < -0.4 is 10.1 Å². The third kappa shape index (κ3) is 3.68. The van der Waals surface area contributed by atoms with Crippen molar-refractivity contribution in [1.82, 2.24) is 4.98 Å². The van der Waals surface area contributed by atoms with Crippen molar-refractivity contribution in [2.24, 2.45) is 0 Å². The van der Waals surface area contributed by atoms with Crippen LogP contribution >= 0.6 is 0 Å². The van der Waals surface area contributed by atoms with Crippen molar-refractivity contribution < 1.29 is 4.74 Å². The highest BCUT2D eigenvalue weighted by Crippen LogP contribution is 2.26. The van der Waals surface area contributed by atoms with Gasteiger partial charge in [0.15, 0.2) is 0 Å². The van der Waals surface area contributed by atoms with Crippen LogP contribution in [0.25, 0.3) is 11.1 Å². The first-order valence-corrected chi connectivity index (χ1v) is 8.49. The van der Waals surface area contributed by atoms with Gasteiger partial charge in [-0.3, -0.25) is 0 Å². The van der Waals surface area contributed by atoms with Gasteiger partial charge in [0.05, 0.1) is 11.6 Å². The molecule has 0 aliphatic rings. The fourth-order valence-electron chi connectivity index (χ4n) is 2.95. The molecule has 0 unspecified atom stereocenters. The summed E-state index contributed by atoms with van der Waals surface area (Å²) in [6.45, 7) is 4.48. The minimum absolute atomic E-state index is 0.457. The van der Waals surface area contributed by atoms with Gasteiger partial charge in [0.25, 0.3) is 0 Å². The standard InChI is InChI=1S/C22H21N3O/c1-15-6-4-9-21(24-3)20(15)14-26-22-11-10-19(16(2)25-22)18-8-5-7-17(12-18)13-23/h4-12,24H,14H2,1-3H3. The Bertz CT molecular complexity index is 973. The molecule has 3 aromatic rings. The third-order valence-electron chi connectivity index (χ3n) is 4.41. The summed E-state index contributed by atoms with van der Waals surface area (Å²) in [6, 6.07) is 19.7. The smallest absolute Gasteiger partial charge is 0.213 e. The van der Waals surface area contributed by atoms with Gasteiger partial charge in [-0.15, -0.1) is 0 Å². The molecule has 0 fully saturated rings. The Balaban J connectivity index is 1.81. The first kappa shape index (κ1) is 17.5. The number of ether oxygens (including phenoxy) is 1. The third-order valence-corrected chi connectivity index (χ3v) is 4.41. The van der Waals surface area contributed by atoms with Crippen molar-refractivity contribution in [3.05, 3.63) is 77.0 Å². The van der Waals surface area contributed by atoms with E-state index in [4.69, 9.17) is 10.00 Å². The van der Waals surface area contributed by atoms with E-state index in [1.165, 1.54) is 5.56 Å². The topological polar surface area (TPSA) is 57.9 Å². The van der Waals surface area contributed by atoms with E-state index in [2.05, 4.69) is 29.4 Å². The van der Waals surface area contributed by atoms with Crippen LogP contribution in [0, 0.1) is 25.2 Å². The number of hydrogen-bond donors (Lipinski definition) is 1. The summed E-state index contributed by atoms with van der Waals surface area (Å²) < 4.78 is 5.93. The Morgan fingerprint density at radius 1 is 1.08 bits per heavy atom. The largest absolute Gasteiger partial charge is 0.473 e. The fraction of sp³-hybridized carbons (Fsp3) is 0.182. The summed E-state index contributed by atoms with van der Waals surface area (Å²) in [5.41, 5.74) is 6.86. The van der Waals surface area contributed by atoms with E-state index in [-0.39, 0.29) is 0 Å². The Morgan fingerprint density at radius 2 is 1.88 bits per heavy atom. The normalized spacial score (nSPS) is 10.2. The molecule has 0 spiro atoms. The molecule has 4 nitrogen and oxygen atoms in total. The second-order valence-electron chi connectivity index (χ2n) is 6.11. The summed E-state index contributed by atoms with van der Waals surface area (Å²) in [5.74, 6) is 0.591. The van der Waals surface area contributed by atoms with Crippen LogP contribution in [0.1, 0.15) is 22.4 Å². The molecule has 1 N–H and O–H groups in total. The van der Waals surface area contributed by atoms with E-state index in [9.17, 15) is 0 Å². The first-order chi connectivity index (χ1) is 12.6. The Labute approximate surface area is 154 Å². The molecule has 1 aromatic heterocycles. The quantitative estimate of drug-likeness (QED) is 0.719. The number of pyridine rings is 1. The molecule has 0 radical (unpaired) electrons.